The fourth-order valence-electron chi connectivity index (χ4n) is 3.01. The third-order valence-electron chi connectivity index (χ3n) is 4.09. The number of benzene rings is 2. The van der Waals surface area contributed by atoms with Crippen LogP contribution in [-0.4, -0.2) is 21.2 Å². The lowest BCUT2D eigenvalue weighted by Gasteiger charge is -2.22. The molecule has 0 bridgehead atoms. The fourth-order valence-corrected chi connectivity index (χ4v) is 3.13. The third kappa shape index (κ3) is 2.78. The summed E-state index contributed by atoms with van der Waals surface area (Å²) in [5.41, 5.74) is 3.36. The quantitative estimate of drug-likeness (QED) is 0.770. The number of anilines is 4. The van der Waals surface area contributed by atoms with E-state index in [-0.39, 0.29) is 0 Å². The molecule has 0 amide bonds. The molecule has 2 aromatic carbocycles. The van der Waals surface area contributed by atoms with E-state index in [1.165, 1.54) is 5.56 Å². The Morgan fingerprint density at radius 1 is 1.12 bits per heavy atom. The average molecular weight is 338 g/mol. The zero-order chi connectivity index (χ0) is 16.5. The van der Waals surface area contributed by atoms with Crippen molar-refractivity contribution in [3.63, 3.8) is 0 Å². The molecule has 3 aromatic rings. The summed E-state index contributed by atoms with van der Waals surface area (Å²) >= 11 is 5.92. The van der Waals surface area contributed by atoms with E-state index in [0.29, 0.717) is 22.8 Å². The molecule has 0 saturated carbocycles. The highest BCUT2D eigenvalue weighted by Crippen LogP contribution is 2.36. The predicted molar refractivity (Wildman–Crippen MR) is 96.3 cm³/mol. The monoisotopic (exact) mass is 337 g/mol. The van der Waals surface area contributed by atoms with E-state index < -0.39 is 0 Å². The second-order valence-electron chi connectivity index (χ2n) is 5.83. The zero-order valence-corrected chi connectivity index (χ0v) is 13.9. The molecule has 0 spiro atoms. The molecule has 1 aromatic heterocycles. The first-order chi connectivity index (χ1) is 11.7. The normalized spacial score (nSPS) is 16.1. The minimum Gasteiger partial charge on any atom is -0.339 e. The van der Waals surface area contributed by atoms with Crippen molar-refractivity contribution in [1.29, 1.82) is 0 Å². The number of hydrogen-bond acceptors (Lipinski definition) is 5. The van der Waals surface area contributed by atoms with Crippen LogP contribution in [0.5, 0.6) is 0 Å². The maximum Gasteiger partial charge on any atom is 0.252 e. The molecule has 2 heterocycles. The van der Waals surface area contributed by atoms with E-state index in [9.17, 15) is 0 Å². The maximum absolute atomic E-state index is 5.92. The summed E-state index contributed by atoms with van der Waals surface area (Å²) in [4.78, 5) is 6.76. The van der Waals surface area contributed by atoms with Gasteiger partial charge in [0, 0.05) is 22.4 Å². The summed E-state index contributed by atoms with van der Waals surface area (Å²) < 4.78 is 0. The van der Waals surface area contributed by atoms with Crippen molar-refractivity contribution in [2.75, 3.05) is 10.2 Å². The van der Waals surface area contributed by atoms with Gasteiger partial charge in [-0.25, -0.2) is 0 Å². The van der Waals surface area contributed by atoms with Gasteiger partial charge in [-0.15, -0.1) is 5.10 Å². The van der Waals surface area contributed by atoms with E-state index in [4.69, 9.17) is 11.6 Å². The van der Waals surface area contributed by atoms with Crippen molar-refractivity contribution in [3.8, 4) is 0 Å². The second kappa shape index (κ2) is 6.09. The molecule has 5 nitrogen and oxygen atoms in total. The van der Waals surface area contributed by atoms with Gasteiger partial charge >= 0.3 is 0 Å². The van der Waals surface area contributed by atoms with Crippen LogP contribution in [0.2, 0.25) is 5.02 Å². The van der Waals surface area contributed by atoms with Gasteiger partial charge in [0.25, 0.3) is 5.95 Å². The third-order valence-corrected chi connectivity index (χ3v) is 4.34. The van der Waals surface area contributed by atoms with Gasteiger partial charge in [-0.3, -0.25) is 0 Å². The number of nitrogens with zero attached hydrogens (tertiary/aromatic N) is 4. The Morgan fingerprint density at radius 2 is 1.92 bits per heavy atom. The average Bonchev–Trinajstić information content (AvgIpc) is 2.93. The summed E-state index contributed by atoms with van der Waals surface area (Å²) in [5.74, 6) is 1.25. The van der Waals surface area contributed by atoms with Gasteiger partial charge in [-0.1, -0.05) is 29.8 Å². The van der Waals surface area contributed by atoms with Crippen molar-refractivity contribution in [2.45, 2.75) is 19.4 Å². The minimum atomic E-state index is 0.301. The first-order valence-corrected chi connectivity index (χ1v) is 8.18. The van der Waals surface area contributed by atoms with Crippen molar-refractivity contribution in [3.05, 3.63) is 65.3 Å². The Hall–Kier alpha value is -2.66. The number of rotatable bonds is 3. The smallest absolute Gasteiger partial charge is 0.252 e. The molecule has 0 fully saturated rings. The predicted octanol–water partition coefficient (Wildman–Crippen LogP) is 4.35. The number of halogens is 1. The van der Waals surface area contributed by atoms with Gasteiger partial charge < -0.3 is 10.2 Å². The van der Waals surface area contributed by atoms with E-state index in [0.717, 1.165) is 17.8 Å². The first kappa shape index (κ1) is 14.9. The Morgan fingerprint density at radius 3 is 2.75 bits per heavy atom. The zero-order valence-electron chi connectivity index (χ0n) is 13.1. The van der Waals surface area contributed by atoms with Gasteiger partial charge in [0.05, 0.1) is 6.20 Å². The van der Waals surface area contributed by atoms with Crippen LogP contribution < -0.4 is 10.2 Å². The second-order valence-corrected chi connectivity index (χ2v) is 6.26. The van der Waals surface area contributed by atoms with E-state index in [1.807, 2.05) is 30.3 Å². The lowest BCUT2D eigenvalue weighted by atomic mass is 10.1. The molecule has 0 saturated heterocycles. The Bertz CT molecular complexity index is 865. The largest absolute Gasteiger partial charge is 0.339 e. The number of nitrogens with one attached hydrogen (secondary N) is 1. The lowest BCUT2D eigenvalue weighted by Crippen LogP contribution is -2.26. The highest BCUT2D eigenvalue weighted by Gasteiger charge is 2.29. The van der Waals surface area contributed by atoms with Crippen LogP contribution in [0.3, 0.4) is 0 Å². The fraction of sp³-hybridized carbons (Fsp3) is 0.167. The van der Waals surface area contributed by atoms with Crippen LogP contribution in [0.1, 0.15) is 12.5 Å². The first-order valence-electron chi connectivity index (χ1n) is 7.80. The molecule has 1 aliphatic rings. The molecule has 24 heavy (non-hydrogen) atoms. The standard InChI is InChI=1S/C18H16ClN5/c1-12-10-13-4-2-3-5-16(13)24(12)18-22-17(11-20-23-18)21-15-8-6-14(19)7-9-15/h2-9,11-12H,10H2,1H3,(H,21,22,23). The van der Waals surface area contributed by atoms with E-state index in [2.05, 4.69) is 50.5 Å². The van der Waals surface area contributed by atoms with Crippen LogP contribution in [0.25, 0.3) is 0 Å². The maximum atomic E-state index is 5.92. The summed E-state index contributed by atoms with van der Waals surface area (Å²) in [6.07, 6.45) is 2.60. The summed E-state index contributed by atoms with van der Waals surface area (Å²) in [5, 5.41) is 12.3. The molecule has 6 heteroatoms. The van der Waals surface area contributed by atoms with Gasteiger partial charge in [0.2, 0.25) is 0 Å². The Balaban J connectivity index is 1.64. The van der Waals surface area contributed by atoms with E-state index in [1.54, 1.807) is 6.20 Å². The van der Waals surface area contributed by atoms with Crippen molar-refractivity contribution >= 4 is 34.7 Å². The van der Waals surface area contributed by atoms with Crippen molar-refractivity contribution in [1.82, 2.24) is 15.2 Å². The van der Waals surface area contributed by atoms with E-state index >= 15 is 0 Å². The molecular formula is C18H16ClN5. The lowest BCUT2D eigenvalue weighted by molar-refractivity contribution is 0.730. The molecular weight excluding hydrogens is 322 g/mol. The van der Waals surface area contributed by atoms with Crippen LogP contribution in [-0.2, 0) is 6.42 Å². The number of aromatic nitrogens is 3. The molecule has 0 aliphatic carbocycles. The molecule has 1 N–H and O–H groups in total. The SMILES string of the molecule is CC1Cc2ccccc2N1c1nncc(Nc2ccc(Cl)cc2)n1. The van der Waals surface area contributed by atoms with Crippen LogP contribution in [0.4, 0.5) is 23.1 Å². The number of para-hydroxylation sites is 1. The minimum absolute atomic E-state index is 0.301. The molecule has 1 unspecified atom stereocenters. The highest BCUT2D eigenvalue weighted by molar-refractivity contribution is 6.30. The Labute approximate surface area is 145 Å². The summed E-state index contributed by atoms with van der Waals surface area (Å²) in [6.45, 7) is 2.17. The highest BCUT2D eigenvalue weighted by atomic mass is 35.5. The molecule has 120 valence electrons. The van der Waals surface area contributed by atoms with Gasteiger partial charge in [-0.05, 0) is 49.2 Å². The van der Waals surface area contributed by atoms with Crippen molar-refractivity contribution < 1.29 is 0 Å². The Kier molecular flexibility index (Phi) is 3.78. The topological polar surface area (TPSA) is 53.9 Å². The molecule has 0 radical (unpaired) electrons. The molecule has 1 atom stereocenters. The van der Waals surface area contributed by atoms with Crippen LogP contribution >= 0.6 is 11.6 Å². The van der Waals surface area contributed by atoms with Crippen molar-refractivity contribution in [2.24, 2.45) is 0 Å². The number of fused-ring (bicyclic) bond motifs is 1. The molecule has 4 rings (SSSR count). The van der Waals surface area contributed by atoms with Crippen LogP contribution in [0.15, 0.2) is 54.7 Å². The van der Waals surface area contributed by atoms with Gasteiger partial charge in [0.15, 0.2) is 5.82 Å². The summed E-state index contributed by atoms with van der Waals surface area (Å²) in [6, 6.07) is 16.1. The number of hydrogen-bond donors (Lipinski definition) is 1. The van der Waals surface area contributed by atoms with Gasteiger partial charge in [-0.2, -0.15) is 10.1 Å². The summed E-state index contributed by atoms with van der Waals surface area (Å²) in [7, 11) is 0. The van der Waals surface area contributed by atoms with Crippen LogP contribution in [0, 0.1) is 0 Å². The van der Waals surface area contributed by atoms with Gasteiger partial charge in [0.1, 0.15) is 0 Å². The molecule has 1 aliphatic heterocycles.